The molecule has 1 amide bonds. The number of nitrogens with zero attached hydrogens (tertiary/aromatic N) is 1. The number of aliphatic hydroxyl groups is 1. The van der Waals surface area contributed by atoms with Gasteiger partial charge in [0.25, 0.3) is 5.91 Å². The summed E-state index contributed by atoms with van der Waals surface area (Å²) in [6.45, 7) is 3.92. The molecule has 0 spiro atoms. The van der Waals surface area contributed by atoms with Crippen molar-refractivity contribution < 1.29 is 33.4 Å². The van der Waals surface area contributed by atoms with Crippen molar-refractivity contribution in [1.82, 2.24) is 0 Å². The van der Waals surface area contributed by atoms with Crippen molar-refractivity contribution in [1.29, 1.82) is 0 Å². The highest BCUT2D eigenvalue weighted by atomic mass is 35.5. The predicted molar refractivity (Wildman–Crippen MR) is 150 cm³/mol. The number of Topliss-reactive ketones (excluding diaryl/α,β-unsaturated/α-hetero) is 1. The molecule has 0 bridgehead atoms. The van der Waals surface area contributed by atoms with E-state index >= 15 is 0 Å². The molecule has 8 nitrogen and oxygen atoms in total. The number of anilines is 1. The van der Waals surface area contributed by atoms with E-state index in [-0.39, 0.29) is 30.3 Å². The van der Waals surface area contributed by atoms with Gasteiger partial charge in [-0.25, -0.2) is 0 Å². The number of methoxy groups -OCH3 is 1. The van der Waals surface area contributed by atoms with Crippen LogP contribution in [0, 0.1) is 6.92 Å². The van der Waals surface area contributed by atoms with Crippen LogP contribution in [-0.4, -0.2) is 36.5 Å². The third-order valence-electron chi connectivity index (χ3n) is 6.67. The van der Waals surface area contributed by atoms with E-state index in [1.165, 1.54) is 18.1 Å². The Morgan fingerprint density at radius 2 is 1.82 bits per heavy atom. The van der Waals surface area contributed by atoms with Crippen molar-refractivity contribution in [3.8, 4) is 5.75 Å². The Morgan fingerprint density at radius 1 is 1.07 bits per heavy atom. The Balaban J connectivity index is 1.58. The van der Waals surface area contributed by atoms with Crippen LogP contribution in [0.15, 0.2) is 82.5 Å². The van der Waals surface area contributed by atoms with Crippen molar-refractivity contribution in [3.63, 3.8) is 0 Å². The first-order valence-corrected chi connectivity index (χ1v) is 13.0. The maximum atomic E-state index is 13.9. The van der Waals surface area contributed by atoms with Crippen LogP contribution in [0.3, 0.4) is 0 Å². The second-order valence-corrected chi connectivity index (χ2v) is 9.80. The van der Waals surface area contributed by atoms with Gasteiger partial charge < -0.3 is 19.0 Å². The van der Waals surface area contributed by atoms with Crippen LogP contribution in [0.25, 0.3) is 11.0 Å². The molecule has 1 aromatic heterocycles. The lowest BCUT2D eigenvalue weighted by Gasteiger charge is -2.27. The van der Waals surface area contributed by atoms with E-state index < -0.39 is 23.5 Å². The van der Waals surface area contributed by atoms with E-state index in [1.807, 2.05) is 25.1 Å². The number of hydrogen-bond donors (Lipinski definition) is 1. The number of aryl methyl sites for hydroxylation is 1. The van der Waals surface area contributed by atoms with E-state index in [9.17, 15) is 19.5 Å². The Morgan fingerprint density at radius 3 is 2.50 bits per heavy atom. The molecule has 9 heteroatoms. The summed E-state index contributed by atoms with van der Waals surface area (Å²) in [5.74, 6) is -2.13. The third-order valence-corrected chi connectivity index (χ3v) is 6.89. The highest BCUT2D eigenvalue weighted by molar-refractivity contribution is 6.31. The molecule has 0 saturated heterocycles. The summed E-state index contributed by atoms with van der Waals surface area (Å²) in [6.07, 6.45) is 0.0795. The lowest BCUT2D eigenvalue weighted by Crippen LogP contribution is -2.31. The van der Waals surface area contributed by atoms with Gasteiger partial charge in [0.2, 0.25) is 5.78 Å². The second kappa shape index (κ2) is 10.9. The number of rotatable bonds is 8. The van der Waals surface area contributed by atoms with E-state index in [4.69, 9.17) is 25.5 Å². The number of amides is 1. The zero-order valence-electron chi connectivity index (χ0n) is 22.1. The average Bonchev–Trinajstić information content (AvgIpc) is 3.47. The van der Waals surface area contributed by atoms with Crippen LogP contribution >= 0.6 is 11.6 Å². The summed E-state index contributed by atoms with van der Waals surface area (Å²) >= 11 is 6.19. The fraction of sp³-hybridized carbons (Fsp3) is 0.194. The maximum Gasteiger partial charge on any atom is 0.310 e. The van der Waals surface area contributed by atoms with Gasteiger partial charge in [-0.05, 0) is 49.2 Å². The van der Waals surface area contributed by atoms with E-state index in [1.54, 1.807) is 49.4 Å². The summed E-state index contributed by atoms with van der Waals surface area (Å²) in [4.78, 5) is 40.7. The molecule has 1 aliphatic heterocycles. The summed E-state index contributed by atoms with van der Waals surface area (Å²) in [7, 11) is 1.46. The van der Waals surface area contributed by atoms with Gasteiger partial charge in [0.15, 0.2) is 22.9 Å². The Labute approximate surface area is 235 Å². The minimum atomic E-state index is -0.936. The summed E-state index contributed by atoms with van der Waals surface area (Å²) in [6, 6.07) is 17.9. The quantitative estimate of drug-likeness (QED) is 0.200. The number of halogens is 1. The molecule has 1 unspecified atom stereocenters. The molecule has 1 aliphatic rings. The number of aliphatic hydroxyl groups excluding tert-OH is 1. The molecule has 0 aliphatic carbocycles. The Hall–Kier alpha value is -4.56. The van der Waals surface area contributed by atoms with Gasteiger partial charge in [-0.1, -0.05) is 53.6 Å². The first-order valence-electron chi connectivity index (χ1n) is 12.6. The Bertz CT molecular complexity index is 1670. The Kier molecular flexibility index (Phi) is 7.36. The average molecular weight is 560 g/mol. The van der Waals surface area contributed by atoms with Gasteiger partial charge in [0, 0.05) is 22.2 Å². The number of carbonyl (C=O) groups excluding carboxylic acids is 3. The molecular formula is C31H26ClNO7. The number of fused-ring (bicyclic) bond motifs is 1. The minimum Gasteiger partial charge on any atom is -0.503 e. The zero-order chi connectivity index (χ0) is 28.6. The van der Waals surface area contributed by atoms with E-state index in [0.717, 1.165) is 5.56 Å². The molecule has 0 saturated carbocycles. The number of esters is 1. The van der Waals surface area contributed by atoms with Crippen LogP contribution in [0.1, 0.15) is 40.2 Å². The van der Waals surface area contributed by atoms with Crippen molar-refractivity contribution in [2.45, 2.75) is 26.3 Å². The molecule has 204 valence electrons. The fourth-order valence-electron chi connectivity index (χ4n) is 4.89. The largest absolute Gasteiger partial charge is 0.503 e. The van der Waals surface area contributed by atoms with Gasteiger partial charge in [-0.15, -0.1) is 0 Å². The second-order valence-electron chi connectivity index (χ2n) is 9.37. The summed E-state index contributed by atoms with van der Waals surface area (Å²) < 4.78 is 16.2. The van der Waals surface area contributed by atoms with Crippen LogP contribution in [-0.2, 0) is 20.7 Å². The normalized spacial score (nSPS) is 15.2. The molecule has 0 radical (unpaired) electrons. The first kappa shape index (κ1) is 27.0. The van der Waals surface area contributed by atoms with Crippen molar-refractivity contribution >= 4 is 45.9 Å². The number of ketones is 1. The smallest absolute Gasteiger partial charge is 0.310 e. The number of hydrogen-bond acceptors (Lipinski definition) is 7. The topological polar surface area (TPSA) is 106 Å². The first-order chi connectivity index (χ1) is 19.2. The van der Waals surface area contributed by atoms with Crippen LogP contribution in [0.4, 0.5) is 5.69 Å². The molecular weight excluding hydrogens is 534 g/mol. The molecule has 1 atom stereocenters. The summed E-state index contributed by atoms with van der Waals surface area (Å²) in [5, 5.41) is 12.0. The minimum absolute atomic E-state index is 0.0748. The van der Waals surface area contributed by atoms with Gasteiger partial charge in [0.05, 0.1) is 31.8 Å². The third kappa shape index (κ3) is 4.94. The van der Waals surface area contributed by atoms with Gasteiger partial charge in [0.1, 0.15) is 0 Å². The van der Waals surface area contributed by atoms with E-state index in [2.05, 4.69) is 0 Å². The van der Waals surface area contributed by atoms with Crippen molar-refractivity contribution in [3.05, 3.63) is 106 Å². The molecule has 2 heterocycles. The lowest BCUT2D eigenvalue weighted by molar-refractivity contribution is -0.142. The predicted octanol–water partition coefficient (Wildman–Crippen LogP) is 6.29. The van der Waals surface area contributed by atoms with Gasteiger partial charge in [-0.2, -0.15) is 0 Å². The van der Waals surface area contributed by atoms with Crippen LogP contribution in [0.5, 0.6) is 5.75 Å². The SMILES string of the molecule is CCOC(=O)Cc1ccc(N2C(=O)C(O)=C(C(=O)c3cc4cc(Cl)cc(OC)c4o3)C2c2cccc(C)c2)cc1. The molecule has 4 aromatic rings. The number of benzene rings is 3. The highest BCUT2D eigenvalue weighted by Gasteiger charge is 2.45. The number of furan rings is 1. The van der Waals surface area contributed by atoms with Crippen molar-refractivity contribution in [2.75, 3.05) is 18.6 Å². The maximum absolute atomic E-state index is 13.9. The molecule has 1 N–H and O–H groups in total. The van der Waals surface area contributed by atoms with Gasteiger partial charge in [-0.3, -0.25) is 19.3 Å². The summed E-state index contributed by atoms with van der Waals surface area (Å²) in [5.41, 5.74) is 2.89. The standard InChI is InChI=1S/C31H26ClNO7/c1-4-39-25(34)13-18-8-10-22(11-9-18)33-27(19-7-5-6-17(2)12-19)26(29(36)31(33)37)28(35)23-15-20-14-21(32)16-24(38-3)30(20)40-23/h5-12,14-16,27,36H,4,13H2,1-3H3. The number of ether oxygens (including phenoxy) is 2. The molecule has 5 rings (SSSR count). The molecule has 3 aromatic carbocycles. The van der Waals surface area contributed by atoms with Gasteiger partial charge >= 0.3 is 5.97 Å². The van der Waals surface area contributed by atoms with E-state index in [0.29, 0.717) is 38.6 Å². The number of carbonyl (C=O) groups is 3. The molecule has 0 fully saturated rings. The van der Waals surface area contributed by atoms with Crippen LogP contribution in [0.2, 0.25) is 5.02 Å². The lowest BCUT2D eigenvalue weighted by atomic mass is 9.93. The zero-order valence-corrected chi connectivity index (χ0v) is 22.8. The van der Waals surface area contributed by atoms with Crippen LogP contribution < -0.4 is 9.64 Å². The monoisotopic (exact) mass is 559 g/mol. The molecule has 40 heavy (non-hydrogen) atoms. The highest BCUT2D eigenvalue weighted by Crippen LogP contribution is 2.43. The van der Waals surface area contributed by atoms with Crippen molar-refractivity contribution in [2.24, 2.45) is 0 Å². The fourth-order valence-corrected chi connectivity index (χ4v) is 5.11.